The van der Waals surface area contributed by atoms with Gasteiger partial charge in [0.2, 0.25) is 0 Å². The fourth-order valence-corrected chi connectivity index (χ4v) is 2.61. The number of aryl methyl sites for hydroxylation is 1. The molecule has 0 aromatic carbocycles. The molecule has 0 saturated carbocycles. The molecule has 0 spiro atoms. The summed E-state index contributed by atoms with van der Waals surface area (Å²) in [6, 6.07) is 3.07. The lowest BCUT2D eigenvalue weighted by Gasteiger charge is -2.07. The van der Waals surface area contributed by atoms with Crippen molar-refractivity contribution in [1.82, 2.24) is 24.5 Å². The molecule has 8 nitrogen and oxygen atoms in total. The van der Waals surface area contributed by atoms with E-state index in [4.69, 9.17) is 5.73 Å². The Bertz CT molecular complexity index is 666. The first-order valence-electron chi connectivity index (χ1n) is 5.54. The second kappa shape index (κ2) is 5.33. The van der Waals surface area contributed by atoms with Crippen molar-refractivity contribution in [3.8, 4) is 0 Å². The minimum absolute atomic E-state index is 0.119. The average Bonchev–Trinajstić information content (AvgIpc) is 2.75. The molecule has 3 N–H and O–H groups in total. The van der Waals surface area contributed by atoms with Crippen LogP contribution in [0.5, 0.6) is 0 Å². The van der Waals surface area contributed by atoms with Gasteiger partial charge in [-0.25, -0.2) is 18.1 Å². The van der Waals surface area contributed by atoms with Crippen molar-refractivity contribution in [1.29, 1.82) is 0 Å². The Kier molecular flexibility index (Phi) is 3.76. The number of nitrogen functional groups attached to an aromatic ring is 1. The van der Waals surface area contributed by atoms with E-state index < -0.39 is 10.0 Å². The first kappa shape index (κ1) is 13.4. The molecule has 0 fully saturated rings. The number of rotatable bonds is 5. The number of sulfonamides is 1. The van der Waals surface area contributed by atoms with Gasteiger partial charge in [0.05, 0.1) is 5.69 Å². The molecule has 0 saturated heterocycles. The summed E-state index contributed by atoms with van der Waals surface area (Å²) in [6.45, 7) is 0.199. The van der Waals surface area contributed by atoms with Crippen LogP contribution in [0.3, 0.4) is 0 Å². The van der Waals surface area contributed by atoms with Crippen LogP contribution in [0.15, 0.2) is 29.7 Å². The molecule has 0 unspecified atom stereocenters. The molecule has 0 aliphatic heterocycles. The van der Waals surface area contributed by atoms with Gasteiger partial charge in [-0.3, -0.25) is 0 Å². The Hall–Kier alpha value is -2.00. The molecule has 19 heavy (non-hydrogen) atoms. The van der Waals surface area contributed by atoms with Crippen molar-refractivity contribution >= 4 is 15.7 Å². The van der Waals surface area contributed by atoms with Crippen molar-refractivity contribution < 1.29 is 8.42 Å². The lowest BCUT2D eigenvalue weighted by molar-refractivity contribution is 0.576. The minimum atomic E-state index is -3.70. The summed E-state index contributed by atoms with van der Waals surface area (Å²) in [6.07, 6.45) is 3.37. The normalized spacial score (nSPS) is 11.6. The molecule has 0 amide bonds. The molecule has 0 atom stereocenters. The van der Waals surface area contributed by atoms with Crippen LogP contribution in [-0.4, -0.2) is 34.7 Å². The monoisotopic (exact) mass is 282 g/mol. The van der Waals surface area contributed by atoms with Crippen LogP contribution in [0.4, 0.5) is 5.69 Å². The maximum atomic E-state index is 12.0. The Morgan fingerprint density at radius 1 is 1.47 bits per heavy atom. The molecule has 0 aliphatic rings. The maximum Gasteiger partial charge on any atom is 0.260 e. The fraction of sp³-hybridized carbons (Fsp3) is 0.300. The maximum absolute atomic E-state index is 12.0. The van der Waals surface area contributed by atoms with Gasteiger partial charge in [0.25, 0.3) is 10.0 Å². The van der Waals surface area contributed by atoms with Gasteiger partial charge >= 0.3 is 0 Å². The van der Waals surface area contributed by atoms with Gasteiger partial charge in [0, 0.05) is 26.2 Å². The molecule has 0 radical (unpaired) electrons. The average molecular weight is 282 g/mol. The number of aromatic nitrogens is 4. The van der Waals surface area contributed by atoms with E-state index in [-0.39, 0.29) is 17.3 Å². The summed E-state index contributed by atoms with van der Waals surface area (Å²) in [5.74, 6) is 0.691. The number of nitrogens with two attached hydrogens (primary N) is 1. The zero-order valence-electron chi connectivity index (χ0n) is 10.3. The van der Waals surface area contributed by atoms with E-state index in [1.165, 1.54) is 12.3 Å². The molecule has 0 bridgehead atoms. The Labute approximate surface area is 110 Å². The van der Waals surface area contributed by atoms with Crippen LogP contribution in [0.1, 0.15) is 5.82 Å². The number of hydrogen-bond donors (Lipinski definition) is 2. The third kappa shape index (κ3) is 3.06. The molecular weight excluding hydrogens is 268 g/mol. The Balaban J connectivity index is 2.03. The molecule has 2 heterocycles. The summed E-state index contributed by atoms with van der Waals surface area (Å²) in [4.78, 5) is 3.77. The third-order valence-electron chi connectivity index (χ3n) is 2.50. The summed E-state index contributed by atoms with van der Waals surface area (Å²) >= 11 is 0. The van der Waals surface area contributed by atoms with Gasteiger partial charge in [-0.1, -0.05) is 0 Å². The molecule has 2 aromatic rings. The zero-order chi connectivity index (χ0) is 13.9. The minimum Gasteiger partial charge on any atom is -0.396 e. The Morgan fingerprint density at radius 2 is 2.26 bits per heavy atom. The first-order valence-corrected chi connectivity index (χ1v) is 7.02. The second-order valence-electron chi connectivity index (χ2n) is 3.90. The van der Waals surface area contributed by atoms with Crippen molar-refractivity contribution in [3.05, 3.63) is 30.5 Å². The predicted octanol–water partition coefficient (Wildman–Crippen LogP) is -0.687. The quantitative estimate of drug-likeness (QED) is 0.750. The van der Waals surface area contributed by atoms with Crippen molar-refractivity contribution in [2.75, 3.05) is 12.3 Å². The summed E-state index contributed by atoms with van der Waals surface area (Å²) in [5, 5.41) is 7.42. The fourth-order valence-electron chi connectivity index (χ4n) is 1.53. The largest absolute Gasteiger partial charge is 0.396 e. The highest BCUT2D eigenvalue weighted by atomic mass is 32.2. The number of nitrogens with zero attached hydrogens (tertiary/aromatic N) is 4. The number of anilines is 1. The second-order valence-corrected chi connectivity index (χ2v) is 5.59. The van der Waals surface area contributed by atoms with Crippen LogP contribution in [0, 0.1) is 0 Å². The highest BCUT2D eigenvalue weighted by molar-refractivity contribution is 7.89. The van der Waals surface area contributed by atoms with Gasteiger partial charge in [0.1, 0.15) is 12.2 Å². The van der Waals surface area contributed by atoms with Crippen molar-refractivity contribution in [3.63, 3.8) is 0 Å². The standard InChI is InChI=1S/C10H14N6O2S/c1-16-7-13-15-9(16)4-6-14-19(17,18)10-8(11)3-2-5-12-10/h2-3,5,7,14H,4,6,11H2,1H3. The van der Waals surface area contributed by atoms with Crippen molar-refractivity contribution in [2.45, 2.75) is 11.4 Å². The van der Waals surface area contributed by atoms with E-state index in [1.54, 1.807) is 24.0 Å². The SMILES string of the molecule is Cn1cnnc1CCNS(=O)(=O)c1ncccc1N. The van der Waals surface area contributed by atoms with Gasteiger partial charge in [-0.05, 0) is 12.1 Å². The van der Waals surface area contributed by atoms with E-state index in [2.05, 4.69) is 19.9 Å². The van der Waals surface area contributed by atoms with Gasteiger partial charge in [-0.2, -0.15) is 0 Å². The summed E-state index contributed by atoms with van der Waals surface area (Å²) < 4.78 is 28.1. The summed E-state index contributed by atoms with van der Waals surface area (Å²) in [7, 11) is -1.91. The molecule has 2 rings (SSSR count). The highest BCUT2D eigenvalue weighted by Gasteiger charge is 2.18. The zero-order valence-corrected chi connectivity index (χ0v) is 11.1. The highest BCUT2D eigenvalue weighted by Crippen LogP contribution is 2.13. The number of nitrogens with one attached hydrogen (secondary N) is 1. The Morgan fingerprint density at radius 3 is 2.89 bits per heavy atom. The van der Waals surface area contributed by atoms with Crippen LogP contribution >= 0.6 is 0 Å². The molecule has 0 aliphatic carbocycles. The topological polar surface area (TPSA) is 116 Å². The van der Waals surface area contributed by atoms with Crippen LogP contribution < -0.4 is 10.5 Å². The summed E-state index contributed by atoms with van der Waals surface area (Å²) in [5.41, 5.74) is 5.71. The van der Waals surface area contributed by atoms with E-state index in [1.807, 2.05) is 0 Å². The van der Waals surface area contributed by atoms with E-state index in [0.29, 0.717) is 12.2 Å². The molecule has 102 valence electrons. The van der Waals surface area contributed by atoms with Crippen LogP contribution in [0.25, 0.3) is 0 Å². The first-order chi connectivity index (χ1) is 9.00. The van der Waals surface area contributed by atoms with Gasteiger partial charge in [-0.15, -0.1) is 10.2 Å². The van der Waals surface area contributed by atoms with E-state index in [0.717, 1.165) is 0 Å². The van der Waals surface area contributed by atoms with E-state index >= 15 is 0 Å². The van der Waals surface area contributed by atoms with Crippen LogP contribution in [-0.2, 0) is 23.5 Å². The molecule has 2 aromatic heterocycles. The van der Waals surface area contributed by atoms with Gasteiger partial charge < -0.3 is 10.3 Å². The smallest absolute Gasteiger partial charge is 0.260 e. The van der Waals surface area contributed by atoms with Crippen LogP contribution in [0.2, 0.25) is 0 Å². The van der Waals surface area contributed by atoms with E-state index in [9.17, 15) is 8.42 Å². The van der Waals surface area contributed by atoms with Crippen molar-refractivity contribution in [2.24, 2.45) is 7.05 Å². The molecule has 9 heteroatoms. The van der Waals surface area contributed by atoms with Gasteiger partial charge in [0.15, 0.2) is 5.03 Å². The number of pyridine rings is 1. The molecular formula is C10H14N6O2S. The lowest BCUT2D eigenvalue weighted by atomic mass is 10.4. The lowest BCUT2D eigenvalue weighted by Crippen LogP contribution is -2.28. The number of hydrogen-bond acceptors (Lipinski definition) is 6. The third-order valence-corrected chi connectivity index (χ3v) is 3.94. The predicted molar refractivity (Wildman–Crippen MR) is 68.5 cm³/mol.